The second kappa shape index (κ2) is 10.3. The van der Waals surface area contributed by atoms with Crippen LogP contribution in [0.1, 0.15) is 16.1 Å². The lowest BCUT2D eigenvalue weighted by molar-refractivity contribution is -0.141. The smallest absolute Gasteiger partial charge is 0.435 e. The number of halogens is 3. The molecular formula is C23H19F3N6O4S. The van der Waals surface area contributed by atoms with Crippen LogP contribution in [0.5, 0.6) is 11.5 Å². The Labute approximate surface area is 212 Å². The van der Waals surface area contributed by atoms with Gasteiger partial charge in [0.25, 0.3) is 0 Å². The van der Waals surface area contributed by atoms with Crippen molar-refractivity contribution in [2.45, 2.75) is 11.2 Å². The molecule has 0 bridgehead atoms. The van der Waals surface area contributed by atoms with E-state index in [1.807, 2.05) is 0 Å². The minimum atomic E-state index is -4.67. The molecule has 0 radical (unpaired) electrons. The van der Waals surface area contributed by atoms with Crippen LogP contribution in [0.15, 0.2) is 53.9 Å². The van der Waals surface area contributed by atoms with Crippen molar-refractivity contribution in [3.8, 4) is 28.4 Å². The summed E-state index contributed by atoms with van der Waals surface area (Å²) < 4.78 is 51.2. The third-order valence-electron chi connectivity index (χ3n) is 5.06. The van der Waals surface area contributed by atoms with E-state index in [0.717, 1.165) is 28.7 Å². The molecule has 0 saturated heterocycles. The molecule has 3 aromatic heterocycles. The minimum absolute atomic E-state index is 0.0297. The van der Waals surface area contributed by atoms with E-state index < -0.39 is 17.8 Å². The van der Waals surface area contributed by atoms with Gasteiger partial charge in [-0.3, -0.25) is 0 Å². The molecule has 0 amide bonds. The summed E-state index contributed by atoms with van der Waals surface area (Å²) in [7, 11) is 2.97. The summed E-state index contributed by atoms with van der Waals surface area (Å²) >= 11 is 1.15. The highest BCUT2D eigenvalue weighted by Gasteiger charge is 2.34. The van der Waals surface area contributed by atoms with E-state index in [4.69, 9.17) is 9.47 Å². The van der Waals surface area contributed by atoms with E-state index in [0.29, 0.717) is 17.2 Å². The van der Waals surface area contributed by atoms with Crippen molar-refractivity contribution in [3.05, 3.63) is 60.2 Å². The van der Waals surface area contributed by atoms with Gasteiger partial charge < -0.3 is 19.9 Å². The molecule has 0 spiro atoms. The number of carboxylic acids is 1. The van der Waals surface area contributed by atoms with E-state index in [9.17, 15) is 23.1 Å². The zero-order valence-corrected chi connectivity index (χ0v) is 20.4. The SMILES string of the molecule is COc1cc(Nc2ncc(-c3cnc(SC)c(C(=O)O)c3)c(-n3ccc(C(F)(F)F)n3)n2)cc(OC)c1. The number of thioether (sulfide) groups is 1. The van der Waals surface area contributed by atoms with E-state index in [1.54, 1.807) is 24.5 Å². The molecule has 0 saturated carbocycles. The van der Waals surface area contributed by atoms with Gasteiger partial charge in [-0.15, -0.1) is 11.8 Å². The molecule has 0 atom stereocenters. The number of hydrogen-bond donors (Lipinski definition) is 2. The number of carboxylic acid groups (broad SMARTS) is 1. The summed E-state index contributed by atoms with van der Waals surface area (Å²) in [5.74, 6) is -0.225. The molecule has 14 heteroatoms. The molecule has 37 heavy (non-hydrogen) atoms. The molecule has 0 aliphatic rings. The number of ether oxygens (including phenoxy) is 2. The Hall–Kier alpha value is -4.33. The van der Waals surface area contributed by atoms with Crippen LogP contribution in [0.3, 0.4) is 0 Å². The van der Waals surface area contributed by atoms with Crippen LogP contribution in [-0.2, 0) is 6.18 Å². The van der Waals surface area contributed by atoms with Crippen molar-refractivity contribution >= 4 is 29.4 Å². The maximum Gasteiger partial charge on any atom is 0.435 e. The lowest BCUT2D eigenvalue weighted by atomic mass is 10.1. The number of rotatable bonds is 8. The Bertz CT molecular complexity index is 1440. The molecule has 0 unspecified atom stereocenters. The van der Waals surface area contributed by atoms with Gasteiger partial charge >= 0.3 is 12.1 Å². The number of anilines is 2. The fourth-order valence-corrected chi connectivity index (χ4v) is 3.85. The lowest BCUT2D eigenvalue weighted by Crippen LogP contribution is -2.10. The number of carbonyl (C=O) groups is 1. The average molecular weight is 533 g/mol. The summed E-state index contributed by atoms with van der Waals surface area (Å²) in [5.41, 5.74) is -0.202. The molecule has 4 rings (SSSR count). The van der Waals surface area contributed by atoms with Gasteiger partial charge in [-0.05, 0) is 18.4 Å². The topological polar surface area (TPSA) is 124 Å². The number of alkyl halides is 3. The first kappa shape index (κ1) is 25.8. The molecule has 2 N–H and O–H groups in total. The lowest BCUT2D eigenvalue weighted by Gasteiger charge is -2.14. The van der Waals surface area contributed by atoms with Gasteiger partial charge in [-0.2, -0.15) is 23.3 Å². The molecular weight excluding hydrogens is 513 g/mol. The van der Waals surface area contributed by atoms with Crippen LogP contribution in [0, 0.1) is 0 Å². The minimum Gasteiger partial charge on any atom is -0.497 e. The number of hydrogen-bond acceptors (Lipinski definition) is 9. The molecule has 10 nitrogen and oxygen atoms in total. The first-order valence-corrected chi connectivity index (χ1v) is 11.6. The van der Waals surface area contributed by atoms with Gasteiger partial charge in [0.1, 0.15) is 16.5 Å². The molecule has 0 aliphatic carbocycles. The van der Waals surface area contributed by atoms with Crippen LogP contribution < -0.4 is 14.8 Å². The average Bonchev–Trinajstić information content (AvgIpc) is 3.39. The Morgan fingerprint density at radius 3 is 2.35 bits per heavy atom. The van der Waals surface area contributed by atoms with Crippen molar-refractivity contribution in [1.82, 2.24) is 24.7 Å². The highest BCUT2D eigenvalue weighted by Crippen LogP contribution is 2.32. The van der Waals surface area contributed by atoms with E-state index in [1.165, 1.54) is 32.7 Å². The molecule has 4 aromatic rings. The largest absolute Gasteiger partial charge is 0.497 e. The quantitative estimate of drug-likeness (QED) is 0.302. The van der Waals surface area contributed by atoms with Gasteiger partial charge in [-0.1, -0.05) is 0 Å². The Morgan fingerprint density at radius 1 is 1.08 bits per heavy atom. The fraction of sp³-hybridized carbons (Fsp3) is 0.174. The zero-order chi connectivity index (χ0) is 26.7. The second-order valence-electron chi connectivity index (χ2n) is 7.39. The van der Waals surface area contributed by atoms with Crippen molar-refractivity contribution < 1.29 is 32.5 Å². The molecule has 1 aromatic carbocycles. The van der Waals surface area contributed by atoms with Gasteiger partial charge in [0.2, 0.25) is 5.95 Å². The van der Waals surface area contributed by atoms with Gasteiger partial charge in [0.05, 0.1) is 19.8 Å². The van der Waals surface area contributed by atoms with E-state index in [2.05, 4.69) is 25.4 Å². The third-order valence-corrected chi connectivity index (χ3v) is 5.77. The van der Waals surface area contributed by atoms with Crippen LogP contribution in [0.4, 0.5) is 24.8 Å². The fourth-order valence-electron chi connectivity index (χ4n) is 3.33. The normalized spacial score (nSPS) is 11.3. The van der Waals surface area contributed by atoms with Crippen molar-refractivity contribution in [3.63, 3.8) is 0 Å². The summed E-state index contributed by atoms with van der Waals surface area (Å²) in [6.45, 7) is 0. The standard InChI is InChI=1S/C23H19F3N6O4S/c1-35-14-7-13(8-15(9-14)36-2)29-22-28-11-17(12-6-16(21(33)34)20(37-3)27-10-12)19(30-22)32-5-4-18(31-32)23(24,25)26/h4-11H,1-3H3,(H,33,34)(H,28,29,30). The van der Waals surface area contributed by atoms with Crippen molar-refractivity contribution in [2.75, 3.05) is 25.8 Å². The number of methoxy groups -OCH3 is 2. The predicted molar refractivity (Wildman–Crippen MR) is 129 cm³/mol. The predicted octanol–water partition coefficient (Wildman–Crippen LogP) is 4.92. The molecule has 0 aliphatic heterocycles. The Morgan fingerprint density at radius 2 is 1.78 bits per heavy atom. The van der Waals surface area contributed by atoms with Crippen LogP contribution >= 0.6 is 11.8 Å². The van der Waals surface area contributed by atoms with Crippen molar-refractivity contribution in [1.29, 1.82) is 0 Å². The van der Waals surface area contributed by atoms with Gasteiger partial charge in [0.15, 0.2) is 11.5 Å². The maximum absolute atomic E-state index is 13.3. The summed E-state index contributed by atoms with van der Waals surface area (Å²) in [5, 5.41) is 16.5. The molecule has 192 valence electrons. The number of nitrogens with zero attached hydrogens (tertiary/aromatic N) is 5. The highest BCUT2D eigenvalue weighted by molar-refractivity contribution is 7.98. The first-order valence-electron chi connectivity index (χ1n) is 10.4. The zero-order valence-electron chi connectivity index (χ0n) is 19.6. The Kier molecular flexibility index (Phi) is 7.20. The summed E-state index contributed by atoms with van der Waals surface area (Å²) in [4.78, 5) is 24.6. The van der Waals surface area contributed by atoms with Crippen LogP contribution in [0.25, 0.3) is 16.9 Å². The van der Waals surface area contributed by atoms with E-state index in [-0.39, 0.29) is 33.5 Å². The summed E-state index contributed by atoms with van der Waals surface area (Å²) in [6.07, 6.45) is 0.857. The first-order chi connectivity index (χ1) is 17.6. The number of aromatic nitrogens is 5. The molecule has 3 heterocycles. The Balaban J connectivity index is 1.84. The van der Waals surface area contributed by atoms with Crippen molar-refractivity contribution in [2.24, 2.45) is 0 Å². The van der Waals surface area contributed by atoms with Crippen LogP contribution in [0.2, 0.25) is 0 Å². The molecule has 0 fully saturated rings. The van der Waals surface area contributed by atoms with E-state index >= 15 is 0 Å². The highest BCUT2D eigenvalue weighted by atomic mass is 32.2. The third kappa shape index (κ3) is 5.58. The second-order valence-corrected chi connectivity index (χ2v) is 8.18. The maximum atomic E-state index is 13.3. The number of benzene rings is 1. The number of nitrogens with one attached hydrogen (secondary N) is 1. The summed E-state index contributed by atoms with van der Waals surface area (Å²) in [6, 6.07) is 7.13. The monoisotopic (exact) mass is 532 g/mol. The van der Waals surface area contributed by atoms with Crippen LogP contribution in [-0.4, -0.2) is 56.3 Å². The van der Waals surface area contributed by atoms with Gasteiger partial charge in [0, 0.05) is 53.6 Å². The van der Waals surface area contributed by atoms with Gasteiger partial charge in [-0.25, -0.2) is 19.4 Å². The number of pyridine rings is 1. The number of aromatic carboxylic acids is 1.